The fraction of sp³-hybridized carbons (Fsp3) is 0.267. The molecule has 0 atom stereocenters. The van der Waals surface area contributed by atoms with Gasteiger partial charge in [-0.05, 0) is 42.1 Å². The van der Waals surface area contributed by atoms with Crippen molar-refractivity contribution >= 4 is 35.2 Å². The Morgan fingerprint density at radius 1 is 1.21 bits per heavy atom. The van der Waals surface area contributed by atoms with E-state index in [0.717, 1.165) is 5.76 Å². The molecule has 2 amide bonds. The third-order valence-corrected chi connectivity index (χ3v) is 4.38. The third-order valence-electron chi connectivity index (χ3n) is 2.68. The Hall–Kier alpha value is -1.74. The van der Waals surface area contributed by atoms with Crippen molar-refractivity contribution in [2.24, 2.45) is 0 Å². The lowest BCUT2D eigenvalue weighted by atomic mass is 10.3. The predicted molar refractivity (Wildman–Crippen MR) is 90.2 cm³/mol. The third kappa shape index (κ3) is 7.22. The lowest BCUT2D eigenvalue weighted by Crippen LogP contribution is -2.30. The smallest absolute Gasteiger partial charge is 0.446 e. The summed E-state index contributed by atoms with van der Waals surface area (Å²) in [6.45, 7) is 0.439. The Balaban J connectivity index is 1.69. The monoisotopic (exact) mass is 376 g/mol. The number of urea groups is 1. The number of amides is 2. The van der Waals surface area contributed by atoms with E-state index >= 15 is 0 Å². The van der Waals surface area contributed by atoms with E-state index in [0.29, 0.717) is 23.7 Å². The number of carbonyl (C=O) groups excluding carboxylic acids is 1. The molecule has 0 radical (unpaired) electrons. The van der Waals surface area contributed by atoms with Crippen molar-refractivity contribution in [3.8, 4) is 0 Å². The maximum absolute atomic E-state index is 12.3. The zero-order chi connectivity index (χ0) is 17.4. The average molecular weight is 376 g/mol. The molecule has 0 spiro atoms. The first-order valence-electron chi connectivity index (χ1n) is 6.93. The largest absolute Gasteiger partial charge is 0.468 e. The summed E-state index contributed by atoms with van der Waals surface area (Å²) in [7, 11) is 0. The molecule has 130 valence electrons. The molecule has 0 fully saturated rings. The number of rotatable bonds is 7. The molecule has 0 aliphatic rings. The molecule has 0 bridgehead atoms. The lowest BCUT2D eigenvalue weighted by Gasteiger charge is -2.09. The molecule has 24 heavy (non-hydrogen) atoms. The number of anilines is 1. The molecule has 0 saturated carbocycles. The SMILES string of the molecule is O=C(NCCSCc1ccco1)Nc1cccc(SC(F)(F)F)c1. The first-order chi connectivity index (χ1) is 11.4. The van der Waals surface area contributed by atoms with Gasteiger partial charge in [-0.3, -0.25) is 0 Å². The molecule has 0 aliphatic carbocycles. The molecule has 2 aromatic rings. The van der Waals surface area contributed by atoms with Crippen molar-refractivity contribution < 1.29 is 22.4 Å². The second-order valence-corrected chi connectivity index (χ2v) is 6.83. The highest BCUT2D eigenvalue weighted by molar-refractivity contribution is 8.00. The van der Waals surface area contributed by atoms with Gasteiger partial charge >= 0.3 is 11.5 Å². The summed E-state index contributed by atoms with van der Waals surface area (Å²) in [5.74, 6) is 2.27. The van der Waals surface area contributed by atoms with Crippen LogP contribution in [-0.4, -0.2) is 23.8 Å². The number of thioether (sulfide) groups is 2. The first kappa shape index (κ1) is 18.6. The standard InChI is InChI=1S/C15H15F3N2O2S2/c16-15(17,18)24-13-5-1-3-11(9-13)20-14(21)19-6-8-23-10-12-4-2-7-22-12/h1-5,7,9H,6,8,10H2,(H2,19,20,21). The normalized spacial score (nSPS) is 11.3. The van der Waals surface area contributed by atoms with E-state index in [2.05, 4.69) is 10.6 Å². The van der Waals surface area contributed by atoms with E-state index in [1.54, 1.807) is 18.0 Å². The highest BCUT2D eigenvalue weighted by Gasteiger charge is 2.29. The number of benzene rings is 1. The van der Waals surface area contributed by atoms with Gasteiger partial charge in [-0.1, -0.05) is 6.07 Å². The van der Waals surface area contributed by atoms with E-state index in [1.807, 2.05) is 12.1 Å². The summed E-state index contributed by atoms with van der Waals surface area (Å²) in [5, 5.41) is 5.16. The van der Waals surface area contributed by atoms with Gasteiger partial charge in [0.15, 0.2) is 0 Å². The minimum atomic E-state index is -4.36. The number of hydrogen-bond donors (Lipinski definition) is 2. The van der Waals surface area contributed by atoms with Gasteiger partial charge in [0, 0.05) is 22.9 Å². The van der Waals surface area contributed by atoms with Crippen molar-refractivity contribution in [3.63, 3.8) is 0 Å². The van der Waals surface area contributed by atoms with Crippen LogP contribution in [0.25, 0.3) is 0 Å². The Bertz CT molecular complexity index is 648. The summed E-state index contributed by atoms with van der Waals surface area (Å²) >= 11 is 1.38. The summed E-state index contributed by atoms with van der Waals surface area (Å²) in [6.07, 6.45) is 1.60. The summed E-state index contributed by atoms with van der Waals surface area (Å²) in [4.78, 5) is 11.7. The van der Waals surface area contributed by atoms with E-state index < -0.39 is 11.5 Å². The van der Waals surface area contributed by atoms with Crippen molar-refractivity contribution in [1.29, 1.82) is 0 Å². The number of alkyl halides is 3. The summed E-state index contributed by atoms with van der Waals surface area (Å²) in [5.41, 5.74) is -4.04. The number of furan rings is 1. The number of nitrogens with one attached hydrogen (secondary N) is 2. The van der Waals surface area contributed by atoms with E-state index in [9.17, 15) is 18.0 Å². The Morgan fingerprint density at radius 2 is 2.04 bits per heavy atom. The van der Waals surface area contributed by atoms with Crippen LogP contribution in [-0.2, 0) is 5.75 Å². The van der Waals surface area contributed by atoms with Crippen LogP contribution in [0.1, 0.15) is 5.76 Å². The quantitative estimate of drug-likeness (QED) is 0.530. The van der Waals surface area contributed by atoms with Crippen LogP contribution < -0.4 is 10.6 Å². The second kappa shape index (κ2) is 8.93. The fourth-order valence-electron chi connectivity index (χ4n) is 1.75. The molecule has 2 N–H and O–H groups in total. The Labute approximate surface area is 145 Å². The average Bonchev–Trinajstić information content (AvgIpc) is 2.98. The maximum Gasteiger partial charge on any atom is 0.446 e. The molecule has 1 aromatic carbocycles. The zero-order valence-corrected chi connectivity index (χ0v) is 14.1. The van der Waals surface area contributed by atoms with Gasteiger partial charge in [0.25, 0.3) is 0 Å². The maximum atomic E-state index is 12.3. The van der Waals surface area contributed by atoms with Gasteiger partial charge in [-0.25, -0.2) is 4.79 Å². The van der Waals surface area contributed by atoms with Crippen LogP contribution in [0.3, 0.4) is 0 Å². The van der Waals surface area contributed by atoms with Crippen LogP contribution in [0.2, 0.25) is 0 Å². The minimum Gasteiger partial charge on any atom is -0.468 e. The molecule has 9 heteroatoms. The van der Waals surface area contributed by atoms with Crippen LogP contribution in [0.15, 0.2) is 52.0 Å². The van der Waals surface area contributed by atoms with Gasteiger partial charge in [0.2, 0.25) is 0 Å². The highest BCUT2D eigenvalue weighted by Crippen LogP contribution is 2.37. The van der Waals surface area contributed by atoms with Crippen LogP contribution in [0, 0.1) is 0 Å². The summed E-state index contributed by atoms with van der Waals surface area (Å²) < 4.78 is 42.2. The topological polar surface area (TPSA) is 54.3 Å². The molecular formula is C15H15F3N2O2S2. The first-order valence-corrected chi connectivity index (χ1v) is 8.90. The molecule has 0 aliphatic heterocycles. The van der Waals surface area contributed by atoms with Gasteiger partial charge in [0.05, 0.1) is 12.0 Å². The van der Waals surface area contributed by atoms with Crippen molar-refractivity contribution in [2.75, 3.05) is 17.6 Å². The molecule has 1 heterocycles. The van der Waals surface area contributed by atoms with Crippen molar-refractivity contribution in [2.45, 2.75) is 16.2 Å². The number of hydrogen-bond acceptors (Lipinski definition) is 4. The fourth-order valence-corrected chi connectivity index (χ4v) is 3.11. The molecular weight excluding hydrogens is 361 g/mol. The zero-order valence-electron chi connectivity index (χ0n) is 12.4. The number of carbonyl (C=O) groups is 1. The van der Waals surface area contributed by atoms with E-state index in [4.69, 9.17) is 4.42 Å². The predicted octanol–water partition coefficient (Wildman–Crippen LogP) is 4.95. The molecule has 1 aromatic heterocycles. The lowest BCUT2D eigenvalue weighted by molar-refractivity contribution is -0.0328. The van der Waals surface area contributed by atoms with Crippen molar-refractivity contribution in [1.82, 2.24) is 5.32 Å². The van der Waals surface area contributed by atoms with Crippen molar-refractivity contribution in [3.05, 3.63) is 48.4 Å². The van der Waals surface area contributed by atoms with Crippen LogP contribution in [0.5, 0.6) is 0 Å². The molecule has 4 nitrogen and oxygen atoms in total. The molecule has 0 saturated heterocycles. The van der Waals surface area contributed by atoms with E-state index in [1.165, 1.54) is 24.3 Å². The minimum absolute atomic E-state index is 0.0225. The van der Waals surface area contributed by atoms with Gasteiger partial charge in [-0.15, -0.1) is 0 Å². The van der Waals surface area contributed by atoms with E-state index in [-0.39, 0.29) is 16.7 Å². The van der Waals surface area contributed by atoms with Gasteiger partial charge in [-0.2, -0.15) is 24.9 Å². The molecule has 0 unspecified atom stereocenters. The Morgan fingerprint density at radius 3 is 2.75 bits per heavy atom. The van der Waals surface area contributed by atoms with Gasteiger partial charge < -0.3 is 15.1 Å². The summed E-state index contributed by atoms with van der Waals surface area (Å²) in [6, 6.07) is 8.85. The highest BCUT2D eigenvalue weighted by atomic mass is 32.2. The van der Waals surface area contributed by atoms with Crippen LogP contribution >= 0.6 is 23.5 Å². The Kier molecular flexibility index (Phi) is 6.92. The van der Waals surface area contributed by atoms with Gasteiger partial charge in [0.1, 0.15) is 5.76 Å². The number of halogens is 3. The molecule has 2 rings (SSSR count). The van der Waals surface area contributed by atoms with Crippen LogP contribution in [0.4, 0.5) is 23.7 Å². The second-order valence-electron chi connectivity index (χ2n) is 4.59.